The molecule has 4 aliphatic carbocycles. The fourth-order valence-electron chi connectivity index (χ4n) is 11.3. The van der Waals surface area contributed by atoms with Gasteiger partial charge in [0.2, 0.25) is 0 Å². The lowest BCUT2D eigenvalue weighted by molar-refractivity contribution is -0.303. The highest BCUT2D eigenvalue weighted by Gasteiger charge is 2.68. The Hall–Kier alpha value is -0.360. The minimum Gasteiger partial charge on any atom is -0.394 e. The van der Waals surface area contributed by atoms with E-state index in [4.69, 9.17) is 19.9 Å². The van der Waals surface area contributed by atoms with Crippen LogP contribution in [-0.2, 0) is 14.2 Å². The largest absolute Gasteiger partial charge is 0.394 e. The normalized spacial score (nSPS) is 56.3. The molecule has 0 radical (unpaired) electrons. The number of fused-ring (bicyclic) bond motifs is 7. The van der Waals surface area contributed by atoms with Crippen molar-refractivity contribution in [2.24, 2.45) is 58.0 Å². The van der Waals surface area contributed by atoms with E-state index in [1.165, 1.54) is 44.9 Å². The first kappa shape index (κ1) is 31.6. The van der Waals surface area contributed by atoms with Crippen molar-refractivity contribution in [2.75, 3.05) is 13.2 Å². The van der Waals surface area contributed by atoms with Gasteiger partial charge < -0.3 is 45.5 Å². The highest BCUT2D eigenvalue weighted by Crippen LogP contribution is 2.70. The molecule has 2 saturated heterocycles. The van der Waals surface area contributed by atoms with Gasteiger partial charge in [0, 0.05) is 18.4 Å². The zero-order chi connectivity index (χ0) is 30.2. The summed E-state index contributed by atoms with van der Waals surface area (Å²) in [5.41, 5.74) is 7.03. The van der Waals surface area contributed by atoms with Crippen molar-refractivity contribution in [1.82, 2.24) is 0 Å². The SMILES string of the molecule is CC(CCC1(O)OC2CC3C4CCC5CC(N)CCC5(C)C4CCC3(C)C2C1C)COC1OC(CO)C(O)C(O)C1O. The molecule has 0 aromatic rings. The van der Waals surface area contributed by atoms with Gasteiger partial charge in [-0.05, 0) is 104 Å². The topological polar surface area (TPSA) is 155 Å². The minimum atomic E-state index is -1.46. The van der Waals surface area contributed by atoms with Gasteiger partial charge in [-0.25, -0.2) is 0 Å². The molecule has 242 valence electrons. The van der Waals surface area contributed by atoms with Crippen molar-refractivity contribution in [3.63, 3.8) is 0 Å². The maximum absolute atomic E-state index is 11.8. The second-order valence-corrected chi connectivity index (χ2v) is 16.0. The van der Waals surface area contributed by atoms with Gasteiger partial charge in [-0.15, -0.1) is 0 Å². The summed E-state index contributed by atoms with van der Waals surface area (Å²) in [6.07, 6.45) is 4.75. The number of hydrogen-bond acceptors (Lipinski definition) is 9. The first-order valence-corrected chi connectivity index (χ1v) is 16.9. The summed E-state index contributed by atoms with van der Waals surface area (Å²) in [5.74, 6) is 2.27. The zero-order valence-electron chi connectivity index (χ0n) is 26.1. The maximum atomic E-state index is 11.8. The van der Waals surface area contributed by atoms with Crippen molar-refractivity contribution < 1.29 is 39.7 Å². The van der Waals surface area contributed by atoms with Crippen LogP contribution in [0.1, 0.15) is 91.9 Å². The highest BCUT2D eigenvalue weighted by atomic mass is 16.7. The van der Waals surface area contributed by atoms with E-state index in [-0.39, 0.29) is 30.0 Å². The van der Waals surface area contributed by atoms with Crippen LogP contribution in [0.2, 0.25) is 0 Å². The van der Waals surface area contributed by atoms with Gasteiger partial charge in [0.1, 0.15) is 24.4 Å². The molecule has 2 aliphatic heterocycles. The van der Waals surface area contributed by atoms with Crippen LogP contribution in [0.5, 0.6) is 0 Å². The second-order valence-electron chi connectivity index (χ2n) is 16.0. The molecule has 2 heterocycles. The minimum absolute atomic E-state index is 0.0379. The predicted molar refractivity (Wildman–Crippen MR) is 156 cm³/mol. The molecule has 17 unspecified atom stereocenters. The summed E-state index contributed by atoms with van der Waals surface area (Å²) in [6.45, 7) is 9.06. The van der Waals surface area contributed by atoms with E-state index in [2.05, 4.69) is 20.8 Å². The average Bonchev–Trinajstić information content (AvgIpc) is 3.39. The lowest BCUT2D eigenvalue weighted by Crippen LogP contribution is -2.59. The zero-order valence-corrected chi connectivity index (χ0v) is 26.1. The molecule has 42 heavy (non-hydrogen) atoms. The van der Waals surface area contributed by atoms with Crippen molar-refractivity contribution in [2.45, 2.75) is 141 Å². The van der Waals surface area contributed by atoms with Gasteiger partial charge in [-0.2, -0.15) is 0 Å². The Balaban J connectivity index is 1.05. The standard InChI is InChI=1S/C33H57NO8/c1-17(16-40-30-29(38)28(37)27(36)25(15-35)41-30)7-12-33(39)18(2)26-24(42-33)14-23-21-6-5-19-13-20(34)8-10-31(19,3)22(21)9-11-32(23,26)4/h17-30,35-39H,5-16,34H2,1-4H3. The molecule has 0 spiro atoms. The van der Waals surface area contributed by atoms with E-state index in [0.717, 1.165) is 24.2 Å². The Morgan fingerprint density at radius 2 is 1.69 bits per heavy atom. The smallest absolute Gasteiger partial charge is 0.186 e. The summed E-state index contributed by atoms with van der Waals surface area (Å²) in [5, 5.41) is 51.6. The first-order chi connectivity index (χ1) is 19.8. The van der Waals surface area contributed by atoms with Crippen molar-refractivity contribution in [3.05, 3.63) is 0 Å². The summed E-state index contributed by atoms with van der Waals surface area (Å²) in [7, 11) is 0. The maximum Gasteiger partial charge on any atom is 0.186 e. The number of aliphatic hydroxyl groups excluding tert-OH is 4. The molecule has 4 saturated carbocycles. The van der Waals surface area contributed by atoms with Gasteiger partial charge in [0.25, 0.3) is 0 Å². The van der Waals surface area contributed by atoms with E-state index in [1.54, 1.807) is 0 Å². The molecule has 0 amide bonds. The van der Waals surface area contributed by atoms with Crippen LogP contribution in [0, 0.1) is 52.3 Å². The van der Waals surface area contributed by atoms with Crippen LogP contribution in [0.3, 0.4) is 0 Å². The van der Waals surface area contributed by atoms with E-state index in [9.17, 15) is 25.5 Å². The second kappa shape index (κ2) is 11.5. The summed E-state index contributed by atoms with van der Waals surface area (Å²) >= 11 is 0. The van der Waals surface area contributed by atoms with E-state index < -0.39 is 43.1 Å². The van der Waals surface area contributed by atoms with Crippen LogP contribution in [0.4, 0.5) is 0 Å². The molecule has 6 aliphatic rings. The van der Waals surface area contributed by atoms with Crippen LogP contribution in [0.25, 0.3) is 0 Å². The quantitative estimate of drug-likeness (QED) is 0.261. The molecule has 9 heteroatoms. The van der Waals surface area contributed by atoms with E-state index in [1.807, 2.05) is 6.92 Å². The molecule has 6 fully saturated rings. The number of nitrogens with two attached hydrogens (primary N) is 1. The van der Waals surface area contributed by atoms with Gasteiger partial charge in [0.05, 0.1) is 19.3 Å². The molecule has 0 aromatic carbocycles. The molecular weight excluding hydrogens is 538 g/mol. The fraction of sp³-hybridized carbons (Fsp3) is 1.00. The molecule has 9 nitrogen and oxygen atoms in total. The van der Waals surface area contributed by atoms with Gasteiger partial charge >= 0.3 is 0 Å². The Bertz CT molecular complexity index is 968. The molecule has 0 aromatic heterocycles. The van der Waals surface area contributed by atoms with Crippen LogP contribution < -0.4 is 5.73 Å². The third-order valence-electron chi connectivity index (χ3n) is 13.8. The summed E-state index contributed by atoms with van der Waals surface area (Å²) in [6, 6.07) is 0.383. The van der Waals surface area contributed by atoms with Crippen LogP contribution in [0.15, 0.2) is 0 Å². The third-order valence-corrected chi connectivity index (χ3v) is 13.8. The first-order valence-electron chi connectivity index (χ1n) is 16.9. The highest BCUT2D eigenvalue weighted by molar-refractivity contribution is 5.15. The average molecular weight is 596 g/mol. The van der Waals surface area contributed by atoms with E-state index >= 15 is 0 Å². The molecule has 17 atom stereocenters. The van der Waals surface area contributed by atoms with Crippen LogP contribution >= 0.6 is 0 Å². The lowest BCUT2D eigenvalue weighted by Gasteiger charge is -2.61. The summed E-state index contributed by atoms with van der Waals surface area (Å²) < 4.78 is 17.9. The van der Waals surface area contributed by atoms with E-state index in [0.29, 0.717) is 36.1 Å². The Morgan fingerprint density at radius 1 is 0.952 bits per heavy atom. The Kier molecular flexibility index (Phi) is 8.63. The third kappa shape index (κ3) is 5.01. The molecule has 6 rings (SSSR count). The number of hydrogen-bond donors (Lipinski definition) is 6. The lowest BCUT2D eigenvalue weighted by atomic mass is 9.44. The number of ether oxygens (including phenoxy) is 3. The molecule has 0 bridgehead atoms. The van der Waals surface area contributed by atoms with Gasteiger partial charge in [0.15, 0.2) is 12.1 Å². The number of rotatable bonds is 7. The molecule has 7 N–H and O–H groups in total. The fourth-order valence-corrected chi connectivity index (χ4v) is 11.3. The monoisotopic (exact) mass is 595 g/mol. The van der Waals surface area contributed by atoms with Gasteiger partial charge in [-0.3, -0.25) is 0 Å². The predicted octanol–water partition coefficient (Wildman–Crippen LogP) is 2.54. The Morgan fingerprint density at radius 3 is 2.43 bits per heavy atom. The summed E-state index contributed by atoms with van der Waals surface area (Å²) in [4.78, 5) is 0. The van der Waals surface area contributed by atoms with Gasteiger partial charge in [-0.1, -0.05) is 27.7 Å². The van der Waals surface area contributed by atoms with Crippen molar-refractivity contribution >= 4 is 0 Å². The van der Waals surface area contributed by atoms with Crippen molar-refractivity contribution in [3.8, 4) is 0 Å². The number of aliphatic hydroxyl groups is 5. The van der Waals surface area contributed by atoms with Crippen LogP contribution in [-0.4, -0.2) is 87.4 Å². The van der Waals surface area contributed by atoms with Crippen molar-refractivity contribution in [1.29, 1.82) is 0 Å². The molecular formula is C33H57NO8. The Labute approximate surface area is 251 Å².